The van der Waals surface area contributed by atoms with Gasteiger partial charge in [0, 0.05) is 25.3 Å². The van der Waals surface area contributed by atoms with Gasteiger partial charge >= 0.3 is 0 Å². The van der Waals surface area contributed by atoms with E-state index in [9.17, 15) is 9.90 Å². The maximum Gasteiger partial charge on any atom is 0.241 e. The molecule has 0 radical (unpaired) electrons. The monoisotopic (exact) mass is 382 g/mol. The molecule has 1 aromatic carbocycles. The second kappa shape index (κ2) is 6.42. The van der Waals surface area contributed by atoms with Gasteiger partial charge in [0.15, 0.2) is 0 Å². The first-order valence-electron chi connectivity index (χ1n) is 10.4. The number of hydrogen-bond acceptors (Lipinski definition) is 4. The van der Waals surface area contributed by atoms with Crippen molar-refractivity contribution in [2.24, 2.45) is 30.5 Å². The van der Waals surface area contributed by atoms with E-state index in [1.54, 1.807) is 10.9 Å². The van der Waals surface area contributed by atoms with E-state index >= 15 is 0 Å². The summed E-state index contributed by atoms with van der Waals surface area (Å²) in [5.41, 5.74) is 9.15. The highest BCUT2D eigenvalue weighted by atomic mass is 16.3. The fourth-order valence-electron chi connectivity index (χ4n) is 4.55. The zero-order valence-electron chi connectivity index (χ0n) is 16.3. The Hall–Kier alpha value is -2.18. The molecule has 3 aliphatic carbocycles. The Morgan fingerprint density at radius 1 is 1.25 bits per heavy atom. The molecule has 0 bridgehead atoms. The third-order valence-corrected chi connectivity index (χ3v) is 6.64. The third-order valence-electron chi connectivity index (χ3n) is 6.64. The van der Waals surface area contributed by atoms with Crippen molar-refractivity contribution >= 4 is 11.6 Å². The minimum atomic E-state index is -0.732. The van der Waals surface area contributed by atoms with Crippen molar-refractivity contribution in [1.29, 1.82) is 0 Å². The molecular weight excluding hydrogens is 352 g/mol. The van der Waals surface area contributed by atoms with E-state index in [2.05, 4.69) is 10.4 Å². The van der Waals surface area contributed by atoms with Crippen molar-refractivity contribution in [3.8, 4) is 11.3 Å². The lowest BCUT2D eigenvalue weighted by molar-refractivity contribution is -0.118. The van der Waals surface area contributed by atoms with E-state index in [1.165, 1.54) is 25.7 Å². The van der Waals surface area contributed by atoms with Gasteiger partial charge in [-0.3, -0.25) is 9.48 Å². The van der Waals surface area contributed by atoms with Crippen molar-refractivity contribution in [2.75, 3.05) is 5.32 Å². The number of benzene rings is 1. The summed E-state index contributed by atoms with van der Waals surface area (Å²) in [6, 6.07) is 7.31. The fourth-order valence-corrected chi connectivity index (χ4v) is 4.55. The van der Waals surface area contributed by atoms with Crippen molar-refractivity contribution in [2.45, 2.75) is 50.2 Å². The number of anilines is 1. The van der Waals surface area contributed by atoms with Gasteiger partial charge in [0.1, 0.15) is 0 Å². The predicted molar refractivity (Wildman–Crippen MR) is 109 cm³/mol. The van der Waals surface area contributed by atoms with Crippen LogP contribution in [0.3, 0.4) is 0 Å². The number of nitrogens with one attached hydrogen (secondary N) is 1. The van der Waals surface area contributed by atoms with Gasteiger partial charge in [-0.1, -0.05) is 12.1 Å². The topological polar surface area (TPSA) is 93.2 Å². The quantitative estimate of drug-likeness (QED) is 0.686. The van der Waals surface area contributed by atoms with Gasteiger partial charge in [-0.25, -0.2) is 0 Å². The molecule has 6 nitrogen and oxygen atoms in total. The molecule has 3 saturated carbocycles. The molecule has 28 heavy (non-hydrogen) atoms. The van der Waals surface area contributed by atoms with E-state index in [1.807, 2.05) is 31.3 Å². The molecule has 1 atom stereocenters. The van der Waals surface area contributed by atoms with Gasteiger partial charge in [-0.15, -0.1) is 0 Å². The number of nitrogens with two attached hydrogens (primary N) is 1. The lowest BCUT2D eigenvalue weighted by atomic mass is 9.89. The molecule has 150 valence electrons. The number of hydrogen-bond donors (Lipinski definition) is 3. The molecule has 3 aliphatic rings. The Labute approximate surface area is 166 Å². The summed E-state index contributed by atoms with van der Waals surface area (Å²) < 4.78 is 1.80. The van der Waals surface area contributed by atoms with Crippen molar-refractivity contribution in [3.05, 3.63) is 36.0 Å². The number of carbonyl (C=O) groups excluding carboxylic acids is 1. The molecular formula is C22H30N4O2. The summed E-state index contributed by atoms with van der Waals surface area (Å²) in [6.45, 7) is 0. The zero-order chi connectivity index (χ0) is 19.5. The third kappa shape index (κ3) is 3.25. The van der Waals surface area contributed by atoms with E-state index in [0.717, 1.165) is 35.3 Å². The maximum absolute atomic E-state index is 12.7. The fraction of sp³-hybridized carbons (Fsp3) is 0.545. The number of aryl methyl sites for hydroxylation is 1. The second-order valence-corrected chi connectivity index (χ2v) is 8.91. The smallest absolute Gasteiger partial charge is 0.241 e. The average molecular weight is 383 g/mol. The van der Waals surface area contributed by atoms with Crippen LogP contribution in [-0.4, -0.2) is 26.8 Å². The van der Waals surface area contributed by atoms with Gasteiger partial charge < -0.3 is 16.2 Å². The van der Waals surface area contributed by atoms with Crippen LogP contribution in [-0.2, 0) is 17.4 Å². The number of carbonyl (C=O) groups is 1. The Morgan fingerprint density at radius 2 is 1.86 bits per heavy atom. The maximum atomic E-state index is 12.7. The first-order chi connectivity index (χ1) is 13.5. The standard InChI is InChI=1S/C22H28N4O2.H2/c1-26-20(17(12-24-26)22(28)10-11-22)15-6-8-16(9-7-15)25-21(27)19(23)18(13-2-3-13)14-4-5-14;/h6-9,12-14,18-19,28H,2-5,10-11,23H2,1H3,(H,25,27);1H/t19-;/m0./s1. The van der Waals surface area contributed by atoms with Crippen molar-refractivity contribution in [1.82, 2.24) is 9.78 Å². The van der Waals surface area contributed by atoms with E-state index in [0.29, 0.717) is 17.8 Å². The Kier molecular flexibility index (Phi) is 4.10. The van der Waals surface area contributed by atoms with Crippen LogP contribution in [0, 0.1) is 17.8 Å². The van der Waals surface area contributed by atoms with Crippen LogP contribution >= 0.6 is 0 Å². The largest absolute Gasteiger partial charge is 0.385 e. The molecule has 1 heterocycles. The molecule has 3 fully saturated rings. The van der Waals surface area contributed by atoms with Gasteiger partial charge in [0.25, 0.3) is 0 Å². The highest BCUT2D eigenvalue weighted by Crippen LogP contribution is 2.50. The normalized spacial score (nSPS) is 21.6. The molecule has 0 aliphatic heterocycles. The highest BCUT2D eigenvalue weighted by Gasteiger charge is 2.47. The molecule has 0 saturated heterocycles. The predicted octanol–water partition coefficient (Wildman–Crippen LogP) is 3.02. The van der Waals surface area contributed by atoms with Gasteiger partial charge in [-0.05, 0) is 68.4 Å². The molecule has 1 aromatic heterocycles. The number of aromatic nitrogens is 2. The van der Waals surface area contributed by atoms with Crippen molar-refractivity contribution < 1.29 is 11.3 Å². The van der Waals surface area contributed by atoms with E-state index in [4.69, 9.17) is 5.73 Å². The Balaban J connectivity index is 0.00000205. The lowest BCUT2D eigenvalue weighted by Crippen LogP contribution is -2.43. The second-order valence-electron chi connectivity index (χ2n) is 8.91. The Bertz CT molecular complexity index is 886. The van der Waals surface area contributed by atoms with E-state index in [-0.39, 0.29) is 7.33 Å². The van der Waals surface area contributed by atoms with Gasteiger partial charge in [0.2, 0.25) is 5.91 Å². The van der Waals surface area contributed by atoms with Crippen LogP contribution in [0.1, 0.15) is 45.5 Å². The number of amides is 1. The van der Waals surface area contributed by atoms with E-state index < -0.39 is 11.6 Å². The summed E-state index contributed by atoms with van der Waals surface area (Å²) in [6.07, 6.45) is 8.19. The summed E-state index contributed by atoms with van der Waals surface area (Å²) in [5, 5.41) is 17.8. The number of nitrogens with zero attached hydrogens (tertiary/aromatic N) is 2. The molecule has 4 N–H and O–H groups in total. The molecule has 1 amide bonds. The van der Waals surface area contributed by atoms with Crippen molar-refractivity contribution in [3.63, 3.8) is 0 Å². The molecule has 2 aromatic rings. The Morgan fingerprint density at radius 3 is 2.39 bits per heavy atom. The SMILES string of the molecule is Cn1ncc(C2(O)CC2)c1-c1ccc(NC(=O)[C@@H](N)C(C2CC2)C2CC2)cc1.[HH]. The summed E-state index contributed by atoms with van der Waals surface area (Å²) in [7, 11) is 1.88. The lowest BCUT2D eigenvalue weighted by Gasteiger charge is -2.23. The minimum absolute atomic E-state index is 0. The number of aliphatic hydroxyl groups is 1. The minimum Gasteiger partial charge on any atom is -0.385 e. The van der Waals surface area contributed by atoms with Crippen LogP contribution < -0.4 is 11.1 Å². The van der Waals surface area contributed by atoms with Crippen LogP contribution in [0.2, 0.25) is 0 Å². The van der Waals surface area contributed by atoms with Crippen LogP contribution in [0.4, 0.5) is 5.69 Å². The summed E-state index contributed by atoms with van der Waals surface area (Å²) >= 11 is 0. The highest BCUT2D eigenvalue weighted by molar-refractivity contribution is 5.95. The van der Waals surface area contributed by atoms with Crippen LogP contribution in [0.25, 0.3) is 11.3 Å². The van der Waals surface area contributed by atoms with Gasteiger partial charge in [0.05, 0.1) is 23.5 Å². The van der Waals surface area contributed by atoms with Crippen LogP contribution in [0.5, 0.6) is 0 Å². The van der Waals surface area contributed by atoms with Crippen LogP contribution in [0.15, 0.2) is 30.5 Å². The molecule has 0 spiro atoms. The summed E-state index contributed by atoms with van der Waals surface area (Å²) in [5.74, 6) is 1.56. The molecule has 0 unspecified atom stereocenters. The van der Waals surface area contributed by atoms with Gasteiger partial charge in [-0.2, -0.15) is 5.10 Å². The number of rotatable bonds is 7. The first kappa shape index (κ1) is 17.9. The first-order valence-corrected chi connectivity index (χ1v) is 10.4. The molecule has 6 heteroatoms. The average Bonchev–Trinajstić information content (AvgIpc) is 3.54. The molecule has 5 rings (SSSR count). The summed E-state index contributed by atoms with van der Waals surface area (Å²) in [4.78, 5) is 12.7. The zero-order valence-corrected chi connectivity index (χ0v) is 16.3.